The van der Waals surface area contributed by atoms with Crippen LogP contribution in [0.3, 0.4) is 0 Å². The molecule has 2 aromatic carbocycles. The molecule has 0 aliphatic carbocycles. The summed E-state index contributed by atoms with van der Waals surface area (Å²) < 4.78 is 34.8. The molecule has 164 valence electrons. The van der Waals surface area contributed by atoms with Crippen molar-refractivity contribution in [1.82, 2.24) is 0 Å². The molecule has 2 aliphatic heterocycles. The van der Waals surface area contributed by atoms with Gasteiger partial charge >= 0.3 is 0 Å². The lowest BCUT2D eigenvalue weighted by Crippen LogP contribution is -2.37. The van der Waals surface area contributed by atoms with Gasteiger partial charge in [-0.05, 0) is 35.9 Å². The molecule has 7 nitrogen and oxygen atoms in total. The quantitative estimate of drug-likeness (QED) is 0.649. The summed E-state index contributed by atoms with van der Waals surface area (Å²) in [7, 11) is -0.0399. The molecule has 0 radical (unpaired) electrons. The Morgan fingerprint density at radius 1 is 1.16 bits per heavy atom. The molecule has 2 heterocycles. The summed E-state index contributed by atoms with van der Waals surface area (Å²) >= 11 is 7.63. The number of amides is 1. The largest absolute Gasteiger partial charge is 0.497 e. The van der Waals surface area contributed by atoms with Crippen LogP contribution in [0.4, 0.5) is 5.69 Å². The van der Waals surface area contributed by atoms with Gasteiger partial charge in [-0.2, -0.15) is 4.99 Å². The molecule has 0 saturated carbocycles. The van der Waals surface area contributed by atoms with Gasteiger partial charge < -0.3 is 14.4 Å². The minimum atomic E-state index is -3.15. The van der Waals surface area contributed by atoms with Crippen molar-refractivity contribution in [2.45, 2.75) is 17.7 Å². The fourth-order valence-electron chi connectivity index (χ4n) is 3.74. The third-order valence-electron chi connectivity index (χ3n) is 5.21. The highest BCUT2D eigenvalue weighted by Crippen LogP contribution is 2.42. The fourth-order valence-corrected chi connectivity index (χ4v) is 7.92. The second-order valence-corrected chi connectivity index (χ2v) is 11.1. The second kappa shape index (κ2) is 8.72. The van der Waals surface area contributed by atoms with Gasteiger partial charge in [0, 0.05) is 10.9 Å². The highest BCUT2D eigenvalue weighted by Gasteiger charge is 2.49. The van der Waals surface area contributed by atoms with Crippen LogP contribution < -0.4 is 14.4 Å². The van der Waals surface area contributed by atoms with Crippen LogP contribution in [0, 0.1) is 0 Å². The maximum Gasteiger partial charge on any atom is 0.252 e. The molecule has 0 bridgehead atoms. The van der Waals surface area contributed by atoms with E-state index in [1.807, 2.05) is 17.0 Å². The topological polar surface area (TPSA) is 85.3 Å². The maximum atomic E-state index is 12.7. The van der Waals surface area contributed by atoms with E-state index in [0.29, 0.717) is 27.4 Å². The first-order valence-corrected chi connectivity index (χ1v) is 12.6. The summed E-state index contributed by atoms with van der Waals surface area (Å²) in [6.45, 7) is 0. The Bertz CT molecular complexity index is 1130. The third-order valence-corrected chi connectivity index (χ3v) is 8.72. The molecule has 2 fully saturated rings. The van der Waals surface area contributed by atoms with E-state index in [1.165, 1.54) is 18.9 Å². The Labute approximate surface area is 190 Å². The smallest absolute Gasteiger partial charge is 0.252 e. The van der Waals surface area contributed by atoms with Crippen LogP contribution in [-0.4, -0.2) is 56.5 Å². The molecule has 2 atom stereocenters. The number of nitrogens with zero attached hydrogens (tertiary/aromatic N) is 2. The van der Waals surface area contributed by atoms with Crippen molar-refractivity contribution in [3.8, 4) is 11.5 Å². The molecule has 0 spiro atoms. The summed E-state index contributed by atoms with van der Waals surface area (Å²) in [6, 6.07) is 12.1. The van der Waals surface area contributed by atoms with E-state index < -0.39 is 9.84 Å². The van der Waals surface area contributed by atoms with E-state index in [9.17, 15) is 13.2 Å². The molecule has 2 saturated heterocycles. The Hall–Kier alpha value is -2.23. The number of carbonyl (C=O) groups is 1. The average Bonchev–Trinajstić information content (AvgIpc) is 3.19. The Morgan fingerprint density at radius 2 is 1.90 bits per heavy atom. The molecule has 0 N–H and O–H groups in total. The highest BCUT2D eigenvalue weighted by molar-refractivity contribution is 8.16. The van der Waals surface area contributed by atoms with Crippen LogP contribution >= 0.6 is 23.4 Å². The summed E-state index contributed by atoms with van der Waals surface area (Å²) in [5, 5.41) is 0.710. The van der Waals surface area contributed by atoms with Gasteiger partial charge in [-0.25, -0.2) is 8.42 Å². The SMILES string of the molecule is COc1ccc(CC(=O)N=C2S[C@H]3CS(=O)(=O)C[C@@H]3N2c2ccc(OC)c(Cl)c2)cc1. The predicted octanol–water partition coefficient (Wildman–Crippen LogP) is 3.20. The summed E-state index contributed by atoms with van der Waals surface area (Å²) in [5.74, 6) is 1.00. The average molecular weight is 481 g/mol. The zero-order chi connectivity index (χ0) is 22.2. The van der Waals surface area contributed by atoms with Crippen molar-refractivity contribution in [2.75, 3.05) is 30.6 Å². The number of thioether (sulfide) groups is 1. The number of methoxy groups -OCH3 is 2. The summed E-state index contributed by atoms with van der Waals surface area (Å²) in [6.07, 6.45) is 0.138. The zero-order valence-corrected chi connectivity index (χ0v) is 19.3. The van der Waals surface area contributed by atoms with Crippen LogP contribution in [0.15, 0.2) is 47.5 Å². The van der Waals surface area contributed by atoms with Crippen molar-refractivity contribution >= 4 is 50.0 Å². The number of carbonyl (C=O) groups excluding carboxylic acids is 1. The first-order valence-electron chi connectivity index (χ1n) is 9.54. The molecule has 1 amide bonds. The van der Waals surface area contributed by atoms with Crippen molar-refractivity contribution < 1.29 is 22.7 Å². The minimum absolute atomic E-state index is 0.0139. The van der Waals surface area contributed by atoms with Crippen LogP contribution in [-0.2, 0) is 21.1 Å². The van der Waals surface area contributed by atoms with E-state index >= 15 is 0 Å². The standard InChI is InChI=1S/C21H21ClN2O5S2/c1-28-15-6-3-13(4-7-15)9-20(25)23-21-24(14-5-8-18(29-2)16(22)10-14)17-11-31(26,27)12-19(17)30-21/h3-8,10,17,19H,9,11-12H2,1-2H3/t17-,19-/m0/s1. The van der Waals surface area contributed by atoms with Gasteiger partial charge in [0.2, 0.25) is 0 Å². The Kier molecular flexibility index (Phi) is 6.18. The zero-order valence-electron chi connectivity index (χ0n) is 16.9. The molecule has 0 unspecified atom stereocenters. The lowest BCUT2D eigenvalue weighted by molar-refractivity contribution is -0.117. The van der Waals surface area contributed by atoms with Gasteiger partial charge in [0.05, 0.1) is 43.2 Å². The van der Waals surface area contributed by atoms with E-state index in [4.69, 9.17) is 21.1 Å². The Balaban J connectivity index is 1.63. The van der Waals surface area contributed by atoms with Crippen molar-refractivity contribution in [1.29, 1.82) is 0 Å². The predicted molar refractivity (Wildman–Crippen MR) is 123 cm³/mol. The summed E-state index contributed by atoms with van der Waals surface area (Å²) in [4.78, 5) is 18.8. The molecular formula is C21H21ClN2O5S2. The van der Waals surface area contributed by atoms with Crippen LogP contribution in [0.2, 0.25) is 5.02 Å². The van der Waals surface area contributed by atoms with Gasteiger partial charge in [-0.15, -0.1) is 0 Å². The number of hydrogen-bond donors (Lipinski definition) is 0. The number of fused-ring (bicyclic) bond motifs is 1. The first kappa shape index (κ1) is 22.0. The van der Waals surface area contributed by atoms with Gasteiger partial charge in [-0.3, -0.25) is 4.79 Å². The third kappa shape index (κ3) is 4.68. The van der Waals surface area contributed by atoms with Gasteiger partial charge in [0.25, 0.3) is 5.91 Å². The highest BCUT2D eigenvalue weighted by atomic mass is 35.5. The monoisotopic (exact) mass is 480 g/mol. The number of rotatable bonds is 5. The molecule has 31 heavy (non-hydrogen) atoms. The molecule has 2 aliphatic rings. The lowest BCUT2D eigenvalue weighted by Gasteiger charge is -2.25. The van der Waals surface area contributed by atoms with Crippen LogP contribution in [0.5, 0.6) is 11.5 Å². The van der Waals surface area contributed by atoms with E-state index in [-0.39, 0.29) is 35.1 Å². The van der Waals surface area contributed by atoms with E-state index in [0.717, 1.165) is 5.56 Å². The van der Waals surface area contributed by atoms with E-state index in [1.54, 1.807) is 37.4 Å². The number of anilines is 1. The van der Waals surface area contributed by atoms with Crippen LogP contribution in [0.25, 0.3) is 0 Å². The van der Waals surface area contributed by atoms with Crippen molar-refractivity contribution in [3.63, 3.8) is 0 Å². The molecule has 2 aromatic rings. The van der Waals surface area contributed by atoms with Gasteiger partial charge in [0.15, 0.2) is 15.0 Å². The number of benzene rings is 2. The molecule has 0 aromatic heterocycles. The second-order valence-electron chi connectivity index (χ2n) is 7.30. The van der Waals surface area contributed by atoms with Crippen LogP contribution in [0.1, 0.15) is 5.56 Å². The van der Waals surface area contributed by atoms with Crippen molar-refractivity contribution in [3.05, 3.63) is 53.1 Å². The van der Waals surface area contributed by atoms with Crippen molar-refractivity contribution in [2.24, 2.45) is 4.99 Å². The summed E-state index contributed by atoms with van der Waals surface area (Å²) in [5.41, 5.74) is 1.50. The van der Waals surface area contributed by atoms with E-state index in [2.05, 4.69) is 4.99 Å². The molecule has 4 rings (SSSR count). The van der Waals surface area contributed by atoms with Gasteiger partial charge in [0.1, 0.15) is 11.5 Å². The number of ether oxygens (including phenoxy) is 2. The molecule has 10 heteroatoms. The maximum absolute atomic E-state index is 12.7. The fraction of sp³-hybridized carbons (Fsp3) is 0.333. The number of aliphatic imine (C=N–C) groups is 1. The number of hydrogen-bond acceptors (Lipinski definition) is 6. The number of amidine groups is 1. The normalized spacial score (nSPS) is 23.1. The Morgan fingerprint density at radius 3 is 2.55 bits per heavy atom. The minimum Gasteiger partial charge on any atom is -0.497 e. The number of sulfone groups is 1. The number of halogens is 1. The lowest BCUT2D eigenvalue weighted by atomic mass is 10.1. The first-order chi connectivity index (χ1) is 14.8. The van der Waals surface area contributed by atoms with Gasteiger partial charge in [-0.1, -0.05) is 35.5 Å². The molecular weight excluding hydrogens is 460 g/mol.